The summed E-state index contributed by atoms with van der Waals surface area (Å²) in [5, 5.41) is 0. The molecule has 0 saturated carbocycles. The van der Waals surface area contributed by atoms with Gasteiger partial charge in [0.25, 0.3) is 0 Å². The molecule has 0 saturated heterocycles. The van der Waals surface area contributed by atoms with Crippen molar-refractivity contribution in [2.24, 2.45) is 0 Å². The van der Waals surface area contributed by atoms with Gasteiger partial charge in [-0.25, -0.2) is 8.42 Å². The van der Waals surface area contributed by atoms with Gasteiger partial charge < -0.3 is 14.2 Å². The molecule has 0 bridgehead atoms. The zero-order chi connectivity index (χ0) is 23.1. The van der Waals surface area contributed by atoms with Crippen LogP contribution in [0.25, 0.3) is 0 Å². The van der Waals surface area contributed by atoms with Crippen molar-refractivity contribution in [1.29, 1.82) is 0 Å². The van der Waals surface area contributed by atoms with Crippen LogP contribution >= 0.6 is 0 Å². The van der Waals surface area contributed by atoms with Crippen LogP contribution in [0.3, 0.4) is 0 Å². The lowest BCUT2D eigenvalue weighted by atomic mass is 10.1. The van der Waals surface area contributed by atoms with E-state index in [-0.39, 0.29) is 18.0 Å². The molecule has 3 atom stereocenters. The van der Waals surface area contributed by atoms with Crippen LogP contribution in [0.15, 0.2) is 77.7 Å². The molecule has 0 N–H and O–H groups in total. The maximum Gasteiger partial charge on any atom is 0.303 e. The summed E-state index contributed by atoms with van der Waals surface area (Å²) >= 11 is 0. The molecule has 0 spiro atoms. The average molecular weight is 460 g/mol. The third-order valence-corrected chi connectivity index (χ3v) is 6.54. The van der Waals surface area contributed by atoms with Crippen molar-refractivity contribution in [1.82, 2.24) is 4.31 Å². The highest BCUT2D eigenvalue weighted by molar-refractivity contribution is 7.89. The van der Waals surface area contributed by atoms with Crippen LogP contribution in [0.2, 0.25) is 0 Å². The van der Waals surface area contributed by atoms with Gasteiger partial charge in [-0.05, 0) is 29.8 Å². The van der Waals surface area contributed by atoms with Crippen molar-refractivity contribution in [2.75, 3.05) is 6.61 Å². The quantitative estimate of drug-likeness (QED) is 0.442. The fourth-order valence-corrected chi connectivity index (χ4v) is 4.72. The third kappa shape index (κ3) is 6.03. The molecular weight excluding hydrogens is 434 g/mol. The summed E-state index contributed by atoms with van der Waals surface area (Å²) in [4.78, 5) is 22.9. The van der Waals surface area contributed by atoms with E-state index in [1.807, 2.05) is 30.3 Å². The lowest BCUT2D eigenvalue weighted by Crippen LogP contribution is -2.49. The highest BCUT2D eigenvalue weighted by Crippen LogP contribution is 2.27. The van der Waals surface area contributed by atoms with Gasteiger partial charge in [0, 0.05) is 20.4 Å². The highest BCUT2D eigenvalue weighted by Gasteiger charge is 2.38. The van der Waals surface area contributed by atoms with Gasteiger partial charge in [-0.1, -0.05) is 48.5 Å². The molecule has 0 aromatic heterocycles. The number of sulfonamides is 1. The first-order valence-corrected chi connectivity index (χ1v) is 11.5. The third-order valence-electron chi connectivity index (χ3n) is 4.71. The first-order chi connectivity index (χ1) is 15.3. The normalized spacial score (nSPS) is 20.7. The zero-order valence-electron chi connectivity index (χ0n) is 17.8. The summed E-state index contributed by atoms with van der Waals surface area (Å²) < 4.78 is 44.5. The molecule has 2 aromatic rings. The van der Waals surface area contributed by atoms with E-state index in [2.05, 4.69) is 0 Å². The first-order valence-electron chi connectivity index (χ1n) is 10.0. The van der Waals surface area contributed by atoms with Gasteiger partial charge in [0.15, 0.2) is 0 Å². The number of hydrogen-bond donors (Lipinski definition) is 0. The highest BCUT2D eigenvalue weighted by atomic mass is 32.2. The molecule has 2 aromatic carbocycles. The van der Waals surface area contributed by atoms with Crippen molar-refractivity contribution in [3.05, 3.63) is 78.4 Å². The predicted octanol–water partition coefficient (Wildman–Crippen LogP) is 2.65. The van der Waals surface area contributed by atoms with Crippen LogP contribution in [0.1, 0.15) is 19.4 Å². The molecule has 1 heterocycles. The summed E-state index contributed by atoms with van der Waals surface area (Å²) in [6, 6.07) is 17.2. The Morgan fingerprint density at radius 1 is 0.938 bits per heavy atom. The van der Waals surface area contributed by atoms with Gasteiger partial charge in [0.1, 0.15) is 25.0 Å². The monoisotopic (exact) mass is 459 g/mol. The molecule has 0 amide bonds. The van der Waals surface area contributed by atoms with Crippen LogP contribution in [0.5, 0.6) is 0 Å². The van der Waals surface area contributed by atoms with Gasteiger partial charge in [0.05, 0.1) is 4.90 Å². The van der Waals surface area contributed by atoms with Crippen molar-refractivity contribution >= 4 is 22.0 Å². The Hall–Kier alpha value is -3.01. The molecule has 0 radical (unpaired) electrons. The minimum atomic E-state index is -3.95. The van der Waals surface area contributed by atoms with Gasteiger partial charge >= 0.3 is 11.9 Å². The smallest absolute Gasteiger partial charge is 0.303 e. The van der Waals surface area contributed by atoms with E-state index in [4.69, 9.17) is 14.2 Å². The fraction of sp³-hybridized carbons (Fsp3) is 0.304. The number of rotatable bonds is 8. The van der Waals surface area contributed by atoms with E-state index in [1.165, 1.54) is 36.4 Å². The Morgan fingerprint density at radius 3 is 2.16 bits per heavy atom. The summed E-state index contributed by atoms with van der Waals surface area (Å²) in [6.45, 7) is 2.35. The Bertz CT molecular complexity index is 1050. The van der Waals surface area contributed by atoms with Crippen molar-refractivity contribution < 1.29 is 32.2 Å². The van der Waals surface area contributed by atoms with Gasteiger partial charge in [-0.15, -0.1) is 0 Å². The van der Waals surface area contributed by atoms with Crippen molar-refractivity contribution in [3.8, 4) is 0 Å². The molecule has 9 heteroatoms. The summed E-state index contributed by atoms with van der Waals surface area (Å²) in [7, 11) is -3.95. The lowest BCUT2D eigenvalue weighted by Gasteiger charge is -2.36. The molecule has 8 nitrogen and oxygen atoms in total. The van der Waals surface area contributed by atoms with Crippen LogP contribution in [0.4, 0.5) is 0 Å². The molecule has 1 aliphatic heterocycles. The molecule has 170 valence electrons. The van der Waals surface area contributed by atoms with E-state index in [0.717, 1.165) is 5.56 Å². The van der Waals surface area contributed by atoms with Crippen molar-refractivity contribution in [3.63, 3.8) is 0 Å². The molecule has 32 heavy (non-hydrogen) atoms. The summed E-state index contributed by atoms with van der Waals surface area (Å²) in [6.07, 6.45) is 0.389. The average Bonchev–Trinajstić information content (AvgIpc) is 2.77. The number of carbonyl (C=O) groups excluding carboxylic acids is 2. The topological polar surface area (TPSA) is 99.2 Å². The number of ether oxygens (including phenoxy) is 3. The second kappa shape index (κ2) is 10.5. The molecule has 0 aliphatic carbocycles. The minimum Gasteiger partial charge on any atom is -0.463 e. The Kier molecular flexibility index (Phi) is 7.79. The number of benzene rings is 2. The largest absolute Gasteiger partial charge is 0.463 e. The van der Waals surface area contributed by atoms with E-state index in [1.54, 1.807) is 24.3 Å². The number of hydrogen-bond acceptors (Lipinski definition) is 7. The molecule has 0 unspecified atom stereocenters. The maximum absolute atomic E-state index is 13.5. The van der Waals surface area contributed by atoms with E-state index in [0.29, 0.717) is 0 Å². The van der Waals surface area contributed by atoms with Gasteiger partial charge in [-0.2, -0.15) is 4.31 Å². The SMILES string of the molecule is CC(=O)OC[C@H]1O[C@H](N(Cc2ccccc2)S(=O)(=O)c2ccccc2)C=C[C@@H]1OC(C)=O. The first kappa shape index (κ1) is 23.6. The number of esters is 2. The Balaban J connectivity index is 1.96. The molecule has 3 rings (SSSR count). The van der Waals surface area contributed by atoms with E-state index in [9.17, 15) is 18.0 Å². The second-order valence-corrected chi connectivity index (χ2v) is 9.07. The number of carbonyl (C=O) groups is 2. The molecule has 1 aliphatic rings. The zero-order valence-corrected chi connectivity index (χ0v) is 18.6. The van der Waals surface area contributed by atoms with Crippen LogP contribution in [0, 0.1) is 0 Å². The standard InChI is InChI=1S/C23H25NO7S/c1-17(25)29-16-22-21(30-18(2)26)13-14-23(31-22)24(15-19-9-5-3-6-10-19)32(27,28)20-11-7-4-8-12-20/h3-14,21-23H,15-16H2,1-2H3/t21-,22+,23-/m0/s1. The van der Waals surface area contributed by atoms with Crippen LogP contribution in [-0.4, -0.2) is 49.7 Å². The molecular formula is C23H25NO7S. The van der Waals surface area contributed by atoms with Gasteiger partial charge in [-0.3, -0.25) is 9.59 Å². The van der Waals surface area contributed by atoms with Crippen molar-refractivity contribution in [2.45, 2.75) is 43.7 Å². The second-order valence-electron chi connectivity index (χ2n) is 7.18. The minimum absolute atomic E-state index is 0.0472. The maximum atomic E-state index is 13.5. The van der Waals surface area contributed by atoms with Crippen LogP contribution in [-0.2, 0) is 40.4 Å². The van der Waals surface area contributed by atoms with E-state index < -0.39 is 40.4 Å². The van der Waals surface area contributed by atoms with Crippen LogP contribution < -0.4 is 0 Å². The van der Waals surface area contributed by atoms with E-state index >= 15 is 0 Å². The summed E-state index contributed by atoms with van der Waals surface area (Å²) in [5.74, 6) is -1.06. The fourth-order valence-electron chi connectivity index (χ4n) is 3.24. The molecule has 0 fully saturated rings. The Labute approximate surface area is 187 Å². The predicted molar refractivity (Wildman–Crippen MR) is 116 cm³/mol. The van der Waals surface area contributed by atoms with Gasteiger partial charge in [0.2, 0.25) is 10.0 Å². The Morgan fingerprint density at radius 2 is 1.56 bits per heavy atom. The lowest BCUT2D eigenvalue weighted by molar-refractivity contribution is -0.169. The summed E-state index contributed by atoms with van der Waals surface area (Å²) in [5.41, 5.74) is 0.766. The number of nitrogens with zero attached hydrogens (tertiary/aromatic N) is 1.